The third kappa shape index (κ3) is 4.66. The van der Waals surface area contributed by atoms with Gasteiger partial charge < -0.3 is 15.5 Å². The Labute approximate surface area is 154 Å². The highest BCUT2D eigenvalue weighted by Crippen LogP contribution is 2.48. The minimum absolute atomic E-state index is 0.116. The molecule has 0 spiro atoms. The van der Waals surface area contributed by atoms with Crippen LogP contribution in [0.3, 0.4) is 0 Å². The third-order valence-electron chi connectivity index (χ3n) is 5.06. The van der Waals surface area contributed by atoms with Gasteiger partial charge in [0.15, 0.2) is 5.96 Å². The number of aliphatic imine (C=N–C) groups is 1. The summed E-state index contributed by atoms with van der Waals surface area (Å²) in [6, 6.07) is 8.11. The number of nitrogens with one attached hydrogen (secondary N) is 2. The van der Waals surface area contributed by atoms with Gasteiger partial charge >= 0.3 is 0 Å². The normalized spacial score (nSPS) is 19.0. The van der Waals surface area contributed by atoms with Crippen molar-refractivity contribution in [3.05, 3.63) is 34.9 Å². The Kier molecular flexibility index (Phi) is 5.84. The largest absolute Gasteiger partial charge is 0.357 e. The maximum atomic E-state index is 12.2. The highest BCUT2D eigenvalue weighted by molar-refractivity contribution is 6.30. The van der Waals surface area contributed by atoms with Crippen molar-refractivity contribution in [2.45, 2.75) is 38.0 Å². The molecule has 1 aromatic rings. The van der Waals surface area contributed by atoms with E-state index in [9.17, 15) is 4.79 Å². The lowest BCUT2D eigenvalue weighted by Gasteiger charge is -2.19. The van der Waals surface area contributed by atoms with Gasteiger partial charge in [-0.2, -0.15) is 0 Å². The molecule has 1 saturated heterocycles. The number of halogens is 1. The topological polar surface area (TPSA) is 56.7 Å². The molecule has 0 bridgehead atoms. The van der Waals surface area contributed by atoms with Crippen molar-refractivity contribution in [2.24, 2.45) is 4.99 Å². The molecule has 25 heavy (non-hydrogen) atoms. The van der Waals surface area contributed by atoms with Gasteiger partial charge in [-0.3, -0.25) is 4.79 Å². The van der Waals surface area contributed by atoms with Crippen molar-refractivity contribution in [2.75, 3.05) is 32.7 Å². The summed E-state index contributed by atoms with van der Waals surface area (Å²) in [6.07, 6.45) is 4.50. The zero-order valence-electron chi connectivity index (χ0n) is 14.9. The van der Waals surface area contributed by atoms with E-state index in [1.54, 1.807) is 0 Å². The molecule has 1 aromatic carbocycles. The van der Waals surface area contributed by atoms with Gasteiger partial charge in [-0.25, -0.2) is 4.99 Å². The van der Waals surface area contributed by atoms with Crippen LogP contribution in [0.15, 0.2) is 29.3 Å². The summed E-state index contributed by atoms with van der Waals surface area (Å²) >= 11 is 6.14. The van der Waals surface area contributed by atoms with Gasteiger partial charge in [-0.1, -0.05) is 23.7 Å². The van der Waals surface area contributed by atoms with Crippen LogP contribution in [0, 0.1) is 0 Å². The summed E-state index contributed by atoms with van der Waals surface area (Å²) in [6.45, 7) is 5.56. The van der Waals surface area contributed by atoms with Crippen LogP contribution in [0.1, 0.15) is 38.2 Å². The number of hydrogen-bond acceptors (Lipinski definition) is 2. The van der Waals surface area contributed by atoms with E-state index >= 15 is 0 Å². The standard InChI is InChI=1S/C19H27ClN4O/c1-2-21-18(22-13-17(25)24-10-3-4-11-24)23-14-19(8-9-19)15-6-5-7-16(20)12-15/h5-7,12H,2-4,8-11,13-14H2,1H3,(H2,21,22,23). The van der Waals surface area contributed by atoms with Crippen molar-refractivity contribution in [3.8, 4) is 0 Å². The van der Waals surface area contributed by atoms with E-state index in [-0.39, 0.29) is 17.9 Å². The molecule has 1 amide bonds. The summed E-state index contributed by atoms with van der Waals surface area (Å²) in [5.41, 5.74) is 1.41. The molecule has 6 heteroatoms. The SMILES string of the molecule is CCNC(=NCC(=O)N1CCCC1)NCC1(c2cccc(Cl)c2)CC1. The number of rotatable bonds is 6. The lowest BCUT2D eigenvalue weighted by molar-refractivity contribution is -0.128. The second kappa shape index (κ2) is 8.09. The molecule has 1 saturated carbocycles. The van der Waals surface area contributed by atoms with E-state index in [4.69, 9.17) is 11.6 Å². The van der Waals surface area contributed by atoms with Crippen molar-refractivity contribution in [3.63, 3.8) is 0 Å². The van der Waals surface area contributed by atoms with Gasteiger partial charge in [0.25, 0.3) is 0 Å². The summed E-state index contributed by atoms with van der Waals surface area (Å²) < 4.78 is 0. The van der Waals surface area contributed by atoms with E-state index in [2.05, 4.69) is 27.8 Å². The first-order chi connectivity index (χ1) is 12.1. The molecule has 1 aliphatic carbocycles. The highest BCUT2D eigenvalue weighted by Gasteiger charge is 2.44. The van der Waals surface area contributed by atoms with Gasteiger partial charge in [0.2, 0.25) is 5.91 Å². The first kappa shape index (κ1) is 18.1. The summed E-state index contributed by atoms with van der Waals surface area (Å²) in [4.78, 5) is 18.6. The molecule has 136 valence electrons. The molecule has 2 fully saturated rings. The maximum Gasteiger partial charge on any atom is 0.244 e. The number of likely N-dealkylation sites (tertiary alicyclic amines) is 1. The number of nitrogens with zero attached hydrogens (tertiary/aromatic N) is 2. The fourth-order valence-electron chi connectivity index (χ4n) is 3.34. The van der Waals surface area contributed by atoms with E-state index in [0.29, 0.717) is 5.96 Å². The molecule has 1 aliphatic heterocycles. The molecular formula is C19H27ClN4O. The smallest absolute Gasteiger partial charge is 0.244 e. The Balaban J connectivity index is 1.58. The van der Waals surface area contributed by atoms with Crippen LogP contribution in [0.2, 0.25) is 5.02 Å². The molecule has 0 unspecified atom stereocenters. The van der Waals surface area contributed by atoms with Crippen molar-refractivity contribution >= 4 is 23.5 Å². The van der Waals surface area contributed by atoms with Gasteiger partial charge in [0, 0.05) is 36.6 Å². The zero-order chi connectivity index (χ0) is 17.7. The second-order valence-electron chi connectivity index (χ2n) is 6.93. The highest BCUT2D eigenvalue weighted by atomic mass is 35.5. The van der Waals surface area contributed by atoms with E-state index in [1.165, 1.54) is 5.56 Å². The van der Waals surface area contributed by atoms with Gasteiger partial charge in [0.05, 0.1) is 0 Å². The summed E-state index contributed by atoms with van der Waals surface area (Å²) in [5.74, 6) is 0.828. The number of hydrogen-bond donors (Lipinski definition) is 2. The fourth-order valence-corrected chi connectivity index (χ4v) is 3.53. The molecule has 0 aromatic heterocycles. The first-order valence-corrected chi connectivity index (χ1v) is 9.57. The van der Waals surface area contributed by atoms with Crippen LogP contribution in [-0.4, -0.2) is 49.5 Å². The van der Waals surface area contributed by atoms with Gasteiger partial charge in [-0.05, 0) is 50.3 Å². The minimum Gasteiger partial charge on any atom is -0.357 e. The average Bonchev–Trinajstić information content (AvgIpc) is 3.20. The van der Waals surface area contributed by atoms with E-state index in [0.717, 1.165) is 56.9 Å². The predicted octanol–water partition coefficient (Wildman–Crippen LogP) is 2.55. The predicted molar refractivity (Wildman–Crippen MR) is 102 cm³/mol. The number of carbonyl (C=O) groups is 1. The Hall–Kier alpha value is -1.75. The zero-order valence-corrected chi connectivity index (χ0v) is 15.6. The Morgan fingerprint density at radius 1 is 1.28 bits per heavy atom. The van der Waals surface area contributed by atoms with Crippen LogP contribution in [-0.2, 0) is 10.2 Å². The number of amides is 1. The number of guanidine groups is 1. The molecular weight excluding hydrogens is 336 g/mol. The van der Waals surface area contributed by atoms with Crippen molar-refractivity contribution in [1.82, 2.24) is 15.5 Å². The summed E-state index contributed by atoms with van der Waals surface area (Å²) in [7, 11) is 0. The first-order valence-electron chi connectivity index (χ1n) is 9.19. The Bertz CT molecular complexity index is 636. The molecule has 0 radical (unpaired) electrons. The lowest BCUT2D eigenvalue weighted by atomic mass is 9.96. The third-order valence-corrected chi connectivity index (χ3v) is 5.30. The molecule has 3 rings (SSSR count). The Morgan fingerprint density at radius 2 is 2.04 bits per heavy atom. The maximum absolute atomic E-state index is 12.2. The van der Waals surface area contributed by atoms with Crippen LogP contribution in [0.4, 0.5) is 0 Å². The Morgan fingerprint density at radius 3 is 2.68 bits per heavy atom. The molecule has 0 atom stereocenters. The minimum atomic E-state index is 0.116. The van der Waals surface area contributed by atoms with E-state index < -0.39 is 0 Å². The molecule has 2 aliphatic rings. The molecule has 2 N–H and O–H groups in total. The van der Waals surface area contributed by atoms with Crippen LogP contribution in [0.25, 0.3) is 0 Å². The van der Waals surface area contributed by atoms with Crippen molar-refractivity contribution in [1.29, 1.82) is 0 Å². The summed E-state index contributed by atoms with van der Waals surface area (Å²) in [5, 5.41) is 7.42. The van der Waals surface area contributed by atoms with Crippen LogP contribution in [0.5, 0.6) is 0 Å². The number of carbonyl (C=O) groups excluding carboxylic acids is 1. The van der Waals surface area contributed by atoms with Crippen LogP contribution >= 0.6 is 11.6 Å². The lowest BCUT2D eigenvalue weighted by Crippen LogP contribution is -2.42. The van der Waals surface area contributed by atoms with E-state index in [1.807, 2.05) is 24.0 Å². The van der Waals surface area contributed by atoms with Gasteiger partial charge in [0.1, 0.15) is 6.54 Å². The second-order valence-corrected chi connectivity index (χ2v) is 7.36. The molecule has 1 heterocycles. The number of benzene rings is 1. The fraction of sp³-hybridized carbons (Fsp3) is 0.579. The monoisotopic (exact) mass is 362 g/mol. The average molecular weight is 363 g/mol. The molecule has 5 nitrogen and oxygen atoms in total. The van der Waals surface area contributed by atoms with Crippen molar-refractivity contribution < 1.29 is 4.79 Å². The quantitative estimate of drug-likeness (QED) is 0.604. The van der Waals surface area contributed by atoms with Gasteiger partial charge in [-0.15, -0.1) is 0 Å². The van der Waals surface area contributed by atoms with Crippen LogP contribution < -0.4 is 10.6 Å².